The Morgan fingerprint density at radius 2 is 1.90 bits per heavy atom. The molecule has 7 nitrogen and oxygen atoms in total. The smallest absolute Gasteiger partial charge is 0.267 e. The topological polar surface area (TPSA) is 71.1 Å². The number of hydrogen-bond acceptors (Lipinski definition) is 6. The minimum Gasteiger partial charge on any atom is -0.485 e. The molecule has 1 fully saturated rings. The summed E-state index contributed by atoms with van der Waals surface area (Å²) in [6.07, 6.45) is 0.231. The molecule has 2 amide bonds. The fourth-order valence-electron chi connectivity index (χ4n) is 3.75. The Balaban J connectivity index is 1.22. The third-order valence-electron chi connectivity index (χ3n) is 5.59. The van der Waals surface area contributed by atoms with Gasteiger partial charge in [-0.1, -0.05) is 18.2 Å². The Labute approximate surface area is 180 Å². The van der Waals surface area contributed by atoms with Crippen LogP contribution in [0, 0.1) is 0 Å². The number of piperazine rings is 1. The van der Waals surface area contributed by atoms with Gasteiger partial charge in [-0.25, -0.2) is 0 Å². The highest BCUT2D eigenvalue weighted by Gasteiger charge is 2.34. The van der Waals surface area contributed by atoms with Crippen molar-refractivity contribution in [3.8, 4) is 11.5 Å². The Hall–Kier alpha value is -2.58. The van der Waals surface area contributed by atoms with E-state index < -0.39 is 6.10 Å². The van der Waals surface area contributed by atoms with E-state index in [1.807, 2.05) is 42.6 Å². The molecule has 0 bridgehead atoms. The van der Waals surface area contributed by atoms with Crippen LogP contribution in [-0.2, 0) is 16.0 Å². The summed E-state index contributed by atoms with van der Waals surface area (Å²) in [5, 5.41) is 5.07. The van der Waals surface area contributed by atoms with Crippen LogP contribution in [0.15, 0.2) is 41.8 Å². The van der Waals surface area contributed by atoms with Gasteiger partial charge in [0.1, 0.15) is 6.61 Å². The molecule has 2 atom stereocenters. The molecule has 0 saturated carbocycles. The SMILES string of the molecule is CC(C(=O)NCCc1cccs1)N1CCN(C(=O)C2COc3ccccc3O2)CC1. The van der Waals surface area contributed by atoms with Crippen molar-refractivity contribution in [3.63, 3.8) is 0 Å². The third-order valence-corrected chi connectivity index (χ3v) is 6.52. The van der Waals surface area contributed by atoms with Crippen LogP contribution in [0.3, 0.4) is 0 Å². The fraction of sp³-hybridized carbons (Fsp3) is 0.455. The molecule has 1 N–H and O–H groups in total. The lowest BCUT2D eigenvalue weighted by Crippen LogP contribution is -2.57. The van der Waals surface area contributed by atoms with Gasteiger partial charge >= 0.3 is 0 Å². The normalized spacial score (nSPS) is 19.9. The van der Waals surface area contributed by atoms with Crippen LogP contribution in [0.2, 0.25) is 0 Å². The summed E-state index contributed by atoms with van der Waals surface area (Å²) in [5.74, 6) is 1.25. The monoisotopic (exact) mass is 429 g/mol. The molecule has 0 spiro atoms. The molecule has 8 heteroatoms. The van der Waals surface area contributed by atoms with Gasteiger partial charge in [0.05, 0.1) is 6.04 Å². The van der Waals surface area contributed by atoms with Gasteiger partial charge in [0, 0.05) is 37.6 Å². The quantitative estimate of drug-likeness (QED) is 0.758. The Morgan fingerprint density at radius 1 is 1.13 bits per heavy atom. The molecule has 160 valence electrons. The van der Waals surface area contributed by atoms with E-state index >= 15 is 0 Å². The summed E-state index contributed by atoms with van der Waals surface area (Å²) in [7, 11) is 0. The van der Waals surface area contributed by atoms with E-state index in [1.165, 1.54) is 4.88 Å². The number of benzene rings is 1. The zero-order valence-corrected chi connectivity index (χ0v) is 17.9. The molecule has 1 aromatic heterocycles. The van der Waals surface area contributed by atoms with Gasteiger partial charge in [0.25, 0.3) is 5.91 Å². The van der Waals surface area contributed by atoms with Crippen LogP contribution in [0.5, 0.6) is 11.5 Å². The average Bonchev–Trinajstić information content (AvgIpc) is 3.31. The summed E-state index contributed by atoms with van der Waals surface area (Å²) in [4.78, 5) is 30.5. The number of nitrogens with one attached hydrogen (secondary N) is 1. The van der Waals surface area contributed by atoms with Crippen LogP contribution in [0.1, 0.15) is 11.8 Å². The van der Waals surface area contributed by atoms with Crippen molar-refractivity contribution in [3.05, 3.63) is 46.7 Å². The minimum absolute atomic E-state index is 0.0342. The molecule has 0 aliphatic carbocycles. The Morgan fingerprint density at radius 3 is 2.63 bits per heavy atom. The number of fused-ring (bicyclic) bond motifs is 1. The summed E-state index contributed by atoms with van der Waals surface area (Å²) in [6, 6.07) is 11.3. The number of para-hydroxylation sites is 2. The van der Waals surface area contributed by atoms with Crippen molar-refractivity contribution in [2.24, 2.45) is 0 Å². The maximum absolute atomic E-state index is 12.9. The molecule has 30 heavy (non-hydrogen) atoms. The molecule has 2 aliphatic heterocycles. The predicted molar refractivity (Wildman–Crippen MR) is 115 cm³/mol. The molecule has 2 aliphatic rings. The first kappa shape index (κ1) is 20.7. The highest BCUT2D eigenvalue weighted by atomic mass is 32.1. The Bertz CT molecular complexity index is 865. The molecule has 3 heterocycles. The zero-order chi connectivity index (χ0) is 20.9. The summed E-state index contributed by atoms with van der Waals surface area (Å²) in [6.45, 7) is 5.26. The highest BCUT2D eigenvalue weighted by molar-refractivity contribution is 7.09. The summed E-state index contributed by atoms with van der Waals surface area (Å²) >= 11 is 1.70. The second-order valence-electron chi connectivity index (χ2n) is 7.52. The maximum atomic E-state index is 12.9. The maximum Gasteiger partial charge on any atom is 0.267 e. The number of carbonyl (C=O) groups excluding carboxylic acids is 2. The number of amides is 2. The molecule has 1 saturated heterocycles. The lowest BCUT2D eigenvalue weighted by Gasteiger charge is -2.39. The van der Waals surface area contributed by atoms with E-state index in [-0.39, 0.29) is 24.5 Å². The number of thiophene rings is 1. The molecule has 1 aromatic carbocycles. The molecule has 4 rings (SSSR count). The first-order valence-electron chi connectivity index (χ1n) is 10.3. The lowest BCUT2D eigenvalue weighted by atomic mass is 10.2. The van der Waals surface area contributed by atoms with E-state index in [9.17, 15) is 9.59 Å². The van der Waals surface area contributed by atoms with Crippen molar-refractivity contribution in [2.75, 3.05) is 39.3 Å². The van der Waals surface area contributed by atoms with Crippen LogP contribution < -0.4 is 14.8 Å². The van der Waals surface area contributed by atoms with E-state index in [4.69, 9.17) is 9.47 Å². The van der Waals surface area contributed by atoms with Gasteiger partial charge in [-0.3, -0.25) is 14.5 Å². The van der Waals surface area contributed by atoms with Crippen molar-refractivity contribution < 1.29 is 19.1 Å². The highest BCUT2D eigenvalue weighted by Crippen LogP contribution is 2.31. The Kier molecular flexibility index (Phi) is 6.54. The first-order chi connectivity index (χ1) is 14.6. The van der Waals surface area contributed by atoms with Crippen LogP contribution in [0.25, 0.3) is 0 Å². The number of nitrogens with zero attached hydrogens (tertiary/aromatic N) is 2. The number of hydrogen-bond donors (Lipinski definition) is 1. The van der Waals surface area contributed by atoms with E-state index in [0.717, 1.165) is 6.42 Å². The van der Waals surface area contributed by atoms with Gasteiger partial charge < -0.3 is 19.7 Å². The summed E-state index contributed by atoms with van der Waals surface area (Å²) in [5.41, 5.74) is 0. The van der Waals surface area contributed by atoms with Gasteiger partial charge in [0.15, 0.2) is 11.5 Å². The molecule has 2 unspecified atom stereocenters. The second-order valence-corrected chi connectivity index (χ2v) is 8.55. The molecule has 2 aromatic rings. The van der Waals surface area contributed by atoms with Crippen molar-refractivity contribution in [1.29, 1.82) is 0 Å². The minimum atomic E-state index is -0.621. The standard InChI is InChI=1S/C22H27N3O4S/c1-16(21(26)23-9-8-17-5-4-14-30-17)24-10-12-25(13-11-24)22(27)20-15-28-18-6-2-3-7-19(18)29-20/h2-7,14,16,20H,8-13,15H2,1H3,(H,23,26). The van der Waals surface area contributed by atoms with Gasteiger partial charge in [-0.05, 0) is 36.9 Å². The molecular weight excluding hydrogens is 402 g/mol. The van der Waals surface area contributed by atoms with Crippen LogP contribution in [-0.4, -0.2) is 73.1 Å². The lowest BCUT2D eigenvalue weighted by molar-refractivity contribution is -0.143. The third kappa shape index (κ3) is 4.76. The number of carbonyl (C=O) groups is 2. The van der Waals surface area contributed by atoms with Gasteiger partial charge in [0.2, 0.25) is 12.0 Å². The van der Waals surface area contributed by atoms with Crippen LogP contribution >= 0.6 is 11.3 Å². The number of rotatable bonds is 6. The largest absolute Gasteiger partial charge is 0.485 e. The van der Waals surface area contributed by atoms with E-state index in [1.54, 1.807) is 16.2 Å². The predicted octanol–water partition coefficient (Wildman–Crippen LogP) is 1.78. The van der Waals surface area contributed by atoms with Crippen molar-refractivity contribution in [2.45, 2.75) is 25.5 Å². The van der Waals surface area contributed by atoms with E-state index in [2.05, 4.69) is 16.3 Å². The van der Waals surface area contributed by atoms with Gasteiger partial charge in [-0.2, -0.15) is 0 Å². The summed E-state index contributed by atoms with van der Waals surface area (Å²) < 4.78 is 11.5. The van der Waals surface area contributed by atoms with Crippen molar-refractivity contribution in [1.82, 2.24) is 15.1 Å². The zero-order valence-electron chi connectivity index (χ0n) is 17.1. The molecular formula is C22H27N3O4S. The fourth-order valence-corrected chi connectivity index (χ4v) is 4.46. The van der Waals surface area contributed by atoms with E-state index in [0.29, 0.717) is 44.2 Å². The van der Waals surface area contributed by atoms with Crippen LogP contribution in [0.4, 0.5) is 0 Å². The first-order valence-corrected chi connectivity index (χ1v) is 11.2. The molecule has 0 radical (unpaired) electrons. The number of ether oxygens (including phenoxy) is 2. The van der Waals surface area contributed by atoms with Crippen molar-refractivity contribution >= 4 is 23.2 Å². The second kappa shape index (κ2) is 9.49. The van der Waals surface area contributed by atoms with Gasteiger partial charge in [-0.15, -0.1) is 11.3 Å². The average molecular weight is 430 g/mol.